The molecular weight excluding hydrogens is 490 g/mol. The zero-order chi connectivity index (χ0) is 25.2. The number of anilines is 3. The second kappa shape index (κ2) is 9.85. The molecular formula is C24H22ClN5O4S. The van der Waals surface area contributed by atoms with E-state index in [1.54, 1.807) is 57.2 Å². The SMILES string of the molecule is CCOC(=O)c1cnc2ccc(Cl)cc2c1Nc1ccc(S(=O)(=O)Nc2nc(C)cc(C)n2)cc1. The Balaban J connectivity index is 1.66. The first-order valence-corrected chi connectivity index (χ1v) is 12.5. The number of hydrogen-bond donors (Lipinski definition) is 2. The number of esters is 1. The van der Waals surface area contributed by atoms with Crippen LogP contribution in [0.4, 0.5) is 17.3 Å². The predicted octanol–water partition coefficient (Wildman–Crippen LogP) is 5.02. The zero-order valence-electron chi connectivity index (χ0n) is 19.2. The van der Waals surface area contributed by atoms with Gasteiger partial charge in [-0.1, -0.05) is 11.6 Å². The Morgan fingerprint density at radius 2 is 1.71 bits per heavy atom. The normalized spacial score (nSPS) is 11.3. The van der Waals surface area contributed by atoms with Gasteiger partial charge in [0.25, 0.3) is 10.0 Å². The number of fused-ring (bicyclic) bond motifs is 1. The molecule has 0 bridgehead atoms. The van der Waals surface area contributed by atoms with Crippen LogP contribution < -0.4 is 10.0 Å². The van der Waals surface area contributed by atoms with Gasteiger partial charge in [-0.15, -0.1) is 0 Å². The van der Waals surface area contributed by atoms with Crippen LogP contribution in [0.25, 0.3) is 10.9 Å². The molecule has 0 spiro atoms. The molecule has 0 aliphatic heterocycles. The summed E-state index contributed by atoms with van der Waals surface area (Å²) in [4.78, 5) is 25.2. The molecule has 4 aromatic rings. The first-order valence-electron chi connectivity index (χ1n) is 10.6. The van der Waals surface area contributed by atoms with Crippen molar-refractivity contribution >= 4 is 55.8 Å². The van der Waals surface area contributed by atoms with Crippen LogP contribution in [0.3, 0.4) is 0 Å². The Morgan fingerprint density at radius 1 is 1.03 bits per heavy atom. The number of sulfonamides is 1. The summed E-state index contributed by atoms with van der Waals surface area (Å²) < 4.78 is 33.2. The fourth-order valence-corrected chi connectivity index (χ4v) is 4.59. The summed E-state index contributed by atoms with van der Waals surface area (Å²) in [6.45, 7) is 5.43. The molecule has 0 saturated heterocycles. The van der Waals surface area contributed by atoms with Crippen molar-refractivity contribution in [1.29, 1.82) is 0 Å². The van der Waals surface area contributed by atoms with E-state index >= 15 is 0 Å². The van der Waals surface area contributed by atoms with Crippen LogP contribution in [0.5, 0.6) is 0 Å². The van der Waals surface area contributed by atoms with E-state index in [1.165, 1.54) is 18.3 Å². The first-order chi connectivity index (χ1) is 16.7. The zero-order valence-corrected chi connectivity index (χ0v) is 20.7. The van der Waals surface area contributed by atoms with E-state index in [1.807, 2.05) is 0 Å². The average molecular weight is 512 g/mol. The maximum Gasteiger partial charge on any atom is 0.341 e. The number of ether oxygens (including phenoxy) is 1. The molecule has 11 heteroatoms. The topological polar surface area (TPSA) is 123 Å². The van der Waals surface area contributed by atoms with E-state index in [0.717, 1.165) is 0 Å². The molecule has 2 heterocycles. The number of aryl methyl sites for hydroxylation is 2. The lowest BCUT2D eigenvalue weighted by atomic mass is 10.1. The molecule has 0 aliphatic carbocycles. The lowest BCUT2D eigenvalue weighted by Crippen LogP contribution is -2.15. The molecule has 0 amide bonds. The van der Waals surface area contributed by atoms with Gasteiger partial charge in [-0.25, -0.2) is 27.9 Å². The van der Waals surface area contributed by atoms with E-state index in [9.17, 15) is 13.2 Å². The fourth-order valence-electron chi connectivity index (χ4n) is 3.48. The molecule has 9 nitrogen and oxygen atoms in total. The summed E-state index contributed by atoms with van der Waals surface area (Å²) in [5, 5.41) is 4.28. The highest BCUT2D eigenvalue weighted by Gasteiger charge is 2.19. The molecule has 180 valence electrons. The maximum atomic E-state index is 12.8. The largest absolute Gasteiger partial charge is 0.462 e. The molecule has 2 aromatic heterocycles. The van der Waals surface area contributed by atoms with Crippen molar-refractivity contribution in [3.63, 3.8) is 0 Å². The Morgan fingerprint density at radius 3 is 2.37 bits per heavy atom. The van der Waals surface area contributed by atoms with Gasteiger partial charge in [0.05, 0.1) is 22.7 Å². The minimum Gasteiger partial charge on any atom is -0.462 e. The third-order valence-electron chi connectivity index (χ3n) is 4.97. The summed E-state index contributed by atoms with van der Waals surface area (Å²) in [5.41, 5.74) is 3.15. The third kappa shape index (κ3) is 5.50. The number of halogens is 1. The van der Waals surface area contributed by atoms with Crippen molar-refractivity contribution in [2.75, 3.05) is 16.6 Å². The number of carbonyl (C=O) groups excluding carboxylic acids is 1. The van der Waals surface area contributed by atoms with Crippen LogP contribution in [-0.4, -0.2) is 35.9 Å². The van der Waals surface area contributed by atoms with Crippen molar-refractivity contribution in [1.82, 2.24) is 15.0 Å². The monoisotopic (exact) mass is 511 g/mol. The van der Waals surface area contributed by atoms with Crippen LogP contribution in [0, 0.1) is 13.8 Å². The van der Waals surface area contributed by atoms with Crippen molar-refractivity contribution in [2.45, 2.75) is 25.7 Å². The Kier molecular flexibility index (Phi) is 6.86. The standard InChI is InChI=1S/C24H22ClN5O4S/c1-4-34-23(31)20-13-26-21-10-5-16(25)12-19(21)22(20)29-17-6-8-18(9-7-17)35(32,33)30-24-27-14(2)11-15(3)28-24/h5-13H,4H2,1-3H3,(H,26,29)(H,27,28,30). The van der Waals surface area contributed by atoms with Gasteiger partial charge < -0.3 is 10.1 Å². The van der Waals surface area contributed by atoms with Gasteiger partial charge in [0, 0.05) is 33.7 Å². The molecule has 0 unspecified atom stereocenters. The Labute approximate surface area is 207 Å². The highest BCUT2D eigenvalue weighted by Crippen LogP contribution is 2.32. The van der Waals surface area contributed by atoms with Crippen molar-refractivity contribution in [2.24, 2.45) is 0 Å². The van der Waals surface area contributed by atoms with Crippen LogP contribution in [0.1, 0.15) is 28.7 Å². The van der Waals surface area contributed by atoms with Crippen molar-refractivity contribution in [3.05, 3.63) is 76.7 Å². The van der Waals surface area contributed by atoms with E-state index in [2.05, 4.69) is 25.0 Å². The Bertz CT molecular complexity index is 1510. The molecule has 35 heavy (non-hydrogen) atoms. The minimum atomic E-state index is -3.91. The van der Waals surface area contributed by atoms with Gasteiger partial charge in [0.1, 0.15) is 5.56 Å². The fraction of sp³-hybridized carbons (Fsp3) is 0.167. The highest BCUT2D eigenvalue weighted by molar-refractivity contribution is 7.92. The van der Waals surface area contributed by atoms with E-state index in [4.69, 9.17) is 16.3 Å². The van der Waals surface area contributed by atoms with Gasteiger partial charge in [-0.05, 0) is 69.3 Å². The number of benzene rings is 2. The molecule has 2 aromatic carbocycles. The van der Waals surface area contributed by atoms with E-state index < -0.39 is 16.0 Å². The average Bonchev–Trinajstić information content (AvgIpc) is 2.79. The summed E-state index contributed by atoms with van der Waals surface area (Å²) in [7, 11) is -3.91. The predicted molar refractivity (Wildman–Crippen MR) is 135 cm³/mol. The number of rotatable bonds is 7. The number of pyridine rings is 1. The lowest BCUT2D eigenvalue weighted by molar-refractivity contribution is 0.0527. The molecule has 0 aliphatic rings. The van der Waals surface area contributed by atoms with Crippen molar-refractivity contribution in [3.8, 4) is 0 Å². The van der Waals surface area contributed by atoms with Crippen LogP contribution in [0.15, 0.2) is 59.6 Å². The summed E-state index contributed by atoms with van der Waals surface area (Å²) in [6.07, 6.45) is 1.43. The highest BCUT2D eigenvalue weighted by atomic mass is 35.5. The molecule has 4 rings (SSSR count). The van der Waals surface area contributed by atoms with E-state index in [-0.39, 0.29) is 23.0 Å². The van der Waals surface area contributed by atoms with Gasteiger partial charge in [0.15, 0.2) is 0 Å². The van der Waals surface area contributed by atoms with Gasteiger partial charge in [-0.3, -0.25) is 4.98 Å². The maximum absolute atomic E-state index is 12.8. The summed E-state index contributed by atoms with van der Waals surface area (Å²) in [5.74, 6) is -0.537. The minimum absolute atomic E-state index is 0.00362. The molecule has 0 radical (unpaired) electrons. The second-order valence-electron chi connectivity index (χ2n) is 7.66. The summed E-state index contributed by atoms with van der Waals surface area (Å²) >= 11 is 6.19. The molecule has 0 fully saturated rings. The van der Waals surface area contributed by atoms with Crippen molar-refractivity contribution < 1.29 is 17.9 Å². The van der Waals surface area contributed by atoms with Crippen LogP contribution >= 0.6 is 11.6 Å². The number of hydrogen-bond acceptors (Lipinski definition) is 8. The lowest BCUT2D eigenvalue weighted by Gasteiger charge is -2.15. The van der Waals surface area contributed by atoms with Gasteiger partial charge in [0.2, 0.25) is 5.95 Å². The second-order valence-corrected chi connectivity index (χ2v) is 9.78. The molecule has 2 N–H and O–H groups in total. The number of carbonyl (C=O) groups is 1. The number of nitrogens with zero attached hydrogens (tertiary/aromatic N) is 3. The van der Waals surface area contributed by atoms with Gasteiger partial charge in [-0.2, -0.15) is 0 Å². The Hall–Kier alpha value is -3.76. The van der Waals surface area contributed by atoms with E-state index in [0.29, 0.717) is 38.7 Å². The quantitative estimate of drug-likeness (QED) is 0.332. The third-order valence-corrected chi connectivity index (χ3v) is 6.55. The molecule has 0 atom stereocenters. The number of nitrogens with one attached hydrogen (secondary N) is 2. The van der Waals surface area contributed by atoms with Crippen LogP contribution in [-0.2, 0) is 14.8 Å². The van der Waals surface area contributed by atoms with Gasteiger partial charge >= 0.3 is 5.97 Å². The summed E-state index contributed by atoms with van der Waals surface area (Å²) in [6, 6.07) is 12.9. The first kappa shape index (κ1) is 24.4. The van der Waals surface area contributed by atoms with Crippen LogP contribution in [0.2, 0.25) is 5.02 Å². The number of aromatic nitrogens is 3. The molecule has 0 saturated carbocycles. The smallest absolute Gasteiger partial charge is 0.341 e.